The summed E-state index contributed by atoms with van der Waals surface area (Å²) in [5, 5.41) is 0. The van der Waals surface area contributed by atoms with E-state index in [0.29, 0.717) is 12.1 Å². The highest BCUT2D eigenvalue weighted by molar-refractivity contribution is 5.85. The zero-order chi connectivity index (χ0) is 9.84. The first-order valence-electron chi connectivity index (χ1n) is 4.96. The van der Waals surface area contributed by atoms with Gasteiger partial charge in [0.05, 0.1) is 0 Å². The summed E-state index contributed by atoms with van der Waals surface area (Å²) in [6.45, 7) is 8.92. The molecule has 14 heavy (non-hydrogen) atoms. The van der Waals surface area contributed by atoms with Gasteiger partial charge in [0.25, 0.3) is 0 Å². The topological polar surface area (TPSA) is 3.24 Å². The van der Waals surface area contributed by atoms with Crippen LogP contribution in [0.1, 0.15) is 27.7 Å². The summed E-state index contributed by atoms with van der Waals surface area (Å²) < 4.78 is 0. The summed E-state index contributed by atoms with van der Waals surface area (Å²) in [6.07, 6.45) is 0. The van der Waals surface area contributed by atoms with Crippen LogP contribution in [-0.2, 0) is 0 Å². The molecule has 1 aromatic carbocycles. The molecular formula is C12H20ClN. The molecule has 2 heteroatoms. The molecule has 0 saturated heterocycles. The SMILES string of the molecule is CC(C)N(c1ccccc1)C(C)C.Cl. The molecule has 0 spiro atoms. The molecule has 80 valence electrons. The van der Waals surface area contributed by atoms with Crippen LogP contribution in [0.25, 0.3) is 0 Å². The molecule has 0 aromatic heterocycles. The maximum absolute atomic E-state index is 2.42. The second-order valence-electron chi connectivity index (χ2n) is 3.93. The Morgan fingerprint density at radius 2 is 1.29 bits per heavy atom. The number of hydrogen-bond acceptors (Lipinski definition) is 1. The highest BCUT2D eigenvalue weighted by atomic mass is 35.5. The first-order valence-corrected chi connectivity index (χ1v) is 4.96. The van der Waals surface area contributed by atoms with Gasteiger partial charge in [-0.1, -0.05) is 18.2 Å². The van der Waals surface area contributed by atoms with E-state index >= 15 is 0 Å². The summed E-state index contributed by atoms with van der Waals surface area (Å²) in [6, 6.07) is 11.7. The van der Waals surface area contributed by atoms with Crippen LogP contribution < -0.4 is 4.90 Å². The van der Waals surface area contributed by atoms with Crippen molar-refractivity contribution in [3.63, 3.8) is 0 Å². The van der Waals surface area contributed by atoms with Crippen molar-refractivity contribution >= 4 is 18.1 Å². The minimum absolute atomic E-state index is 0. The van der Waals surface area contributed by atoms with E-state index in [0.717, 1.165) is 0 Å². The Morgan fingerprint density at radius 1 is 0.857 bits per heavy atom. The van der Waals surface area contributed by atoms with E-state index < -0.39 is 0 Å². The van der Waals surface area contributed by atoms with Crippen molar-refractivity contribution in [2.75, 3.05) is 4.90 Å². The van der Waals surface area contributed by atoms with Gasteiger partial charge in [0.15, 0.2) is 0 Å². The Kier molecular flexibility index (Phi) is 5.63. The van der Waals surface area contributed by atoms with Crippen LogP contribution in [0.3, 0.4) is 0 Å². The second-order valence-corrected chi connectivity index (χ2v) is 3.93. The molecule has 0 aliphatic heterocycles. The van der Waals surface area contributed by atoms with E-state index in [1.165, 1.54) is 5.69 Å². The van der Waals surface area contributed by atoms with E-state index in [1.807, 2.05) is 0 Å². The fourth-order valence-corrected chi connectivity index (χ4v) is 1.79. The molecule has 0 aliphatic carbocycles. The molecule has 0 aliphatic rings. The highest BCUT2D eigenvalue weighted by Crippen LogP contribution is 2.18. The summed E-state index contributed by atoms with van der Waals surface area (Å²) in [4.78, 5) is 2.42. The molecule has 1 aromatic rings. The van der Waals surface area contributed by atoms with Crippen LogP contribution in [0.2, 0.25) is 0 Å². The summed E-state index contributed by atoms with van der Waals surface area (Å²) >= 11 is 0. The molecule has 0 N–H and O–H groups in total. The predicted octanol–water partition coefficient (Wildman–Crippen LogP) is 3.73. The Hall–Kier alpha value is -0.690. The smallest absolute Gasteiger partial charge is 0.0370 e. The van der Waals surface area contributed by atoms with Gasteiger partial charge < -0.3 is 4.90 Å². The molecule has 0 fully saturated rings. The van der Waals surface area contributed by atoms with Gasteiger partial charge in [-0.15, -0.1) is 12.4 Å². The van der Waals surface area contributed by atoms with Crippen LogP contribution in [0.5, 0.6) is 0 Å². The average molecular weight is 214 g/mol. The fourth-order valence-electron chi connectivity index (χ4n) is 1.79. The zero-order valence-corrected chi connectivity index (χ0v) is 10.2. The van der Waals surface area contributed by atoms with E-state index in [-0.39, 0.29) is 12.4 Å². The molecule has 0 radical (unpaired) electrons. The van der Waals surface area contributed by atoms with Crippen LogP contribution in [-0.4, -0.2) is 12.1 Å². The van der Waals surface area contributed by atoms with Gasteiger partial charge in [0.1, 0.15) is 0 Å². The predicted molar refractivity (Wildman–Crippen MR) is 66.4 cm³/mol. The van der Waals surface area contributed by atoms with Crippen LogP contribution >= 0.6 is 12.4 Å². The van der Waals surface area contributed by atoms with Gasteiger partial charge in [-0.25, -0.2) is 0 Å². The summed E-state index contributed by atoms with van der Waals surface area (Å²) in [7, 11) is 0. The third-order valence-electron chi connectivity index (χ3n) is 2.17. The first-order chi connectivity index (χ1) is 6.13. The van der Waals surface area contributed by atoms with Crippen LogP contribution in [0, 0.1) is 0 Å². The Labute approximate surface area is 93.5 Å². The number of benzene rings is 1. The molecule has 1 nitrogen and oxygen atoms in total. The molecule has 0 bridgehead atoms. The average Bonchev–Trinajstić information content (AvgIpc) is 2.04. The zero-order valence-electron chi connectivity index (χ0n) is 9.40. The normalized spacial score (nSPS) is 10.1. The molecule has 0 heterocycles. The lowest BCUT2D eigenvalue weighted by molar-refractivity contribution is 0.608. The van der Waals surface area contributed by atoms with Crippen LogP contribution in [0.15, 0.2) is 30.3 Å². The van der Waals surface area contributed by atoms with Gasteiger partial charge >= 0.3 is 0 Å². The van der Waals surface area contributed by atoms with Gasteiger partial charge in [-0.2, -0.15) is 0 Å². The number of nitrogens with zero attached hydrogens (tertiary/aromatic N) is 1. The lowest BCUT2D eigenvalue weighted by Crippen LogP contribution is -2.36. The largest absolute Gasteiger partial charge is 0.367 e. The van der Waals surface area contributed by atoms with Crippen LogP contribution in [0.4, 0.5) is 5.69 Å². The Bertz CT molecular complexity index is 236. The number of hydrogen-bond donors (Lipinski definition) is 0. The number of para-hydroxylation sites is 1. The molecule has 0 unspecified atom stereocenters. The van der Waals surface area contributed by atoms with Crippen molar-refractivity contribution in [2.24, 2.45) is 0 Å². The molecule has 0 amide bonds. The Morgan fingerprint density at radius 3 is 1.64 bits per heavy atom. The Balaban J connectivity index is 0.00000169. The minimum atomic E-state index is 0. The third kappa shape index (κ3) is 3.22. The molecule has 0 saturated carbocycles. The second kappa shape index (κ2) is 5.92. The van der Waals surface area contributed by atoms with Crippen molar-refractivity contribution in [1.82, 2.24) is 0 Å². The maximum atomic E-state index is 2.42. The van der Waals surface area contributed by atoms with Gasteiger partial charge in [-0.3, -0.25) is 0 Å². The maximum Gasteiger partial charge on any atom is 0.0370 e. The fraction of sp³-hybridized carbons (Fsp3) is 0.500. The van der Waals surface area contributed by atoms with Gasteiger partial charge in [-0.05, 0) is 39.8 Å². The van der Waals surface area contributed by atoms with Crippen molar-refractivity contribution in [3.05, 3.63) is 30.3 Å². The first kappa shape index (κ1) is 13.3. The van der Waals surface area contributed by atoms with Crippen molar-refractivity contribution in [3.8, 4) is 0 Å². The van der Waals surface area contributed by atoms with E-state index in [2.05, 4.69) is 62.9 Å². The highest BCUT2D eigenvalue weighted by Gasteiger charge is 2.12. The van der Waals surface area contributed by atoms with Crippen molar-refractivity contribution < 1.29 is 0 Å². The van der Waals surface area contributed by atoms with Gasteiger partial charge in [0, 0.05) is 17.8 Å². The number of anilines is 1. The monoisotopic (exact) mass is 213 g/mol. The molecular weight excluding hydrogens is 194 g/mol. The van der Waals surface area contributed by atoms with E-state index in [1.54, 1.807) is 0 Å². The summed E-state index contributed by atoms with van der Waals surface area (Å²) in [5.41, 5.74) is 1.31. The molecule has 1 rings (SSSR count). The molecule has 0 atom stereocenters. The lowest BCUT2D eigenvalue weighted by atomic mass is 10.2. The van der Waals surface area contributed by atoms with Crippen molar-refractivity contribution in [2.45, 2.75) is 39.8 Å². The number of rotatable bonds is 3. The van der Waals surface area contributed by atoms with Crippen molar-refractivity contribution in [1.29, 1.82) is 0 Å². The summed E-state index contributed by atoms with van der Waals surface area (Å²) in [5.74, 6) is 0. The van der Waals surface area contributed by atoms with E-state index in [9.17, 15) is 0 Å². The lowest BCUT2D eigenvalue weighted by Gasteiger charge is -2.33. The quantitative estimate of drug-likeness (QED) is 0.740. The minimum Gasteiger partial charge on any atom is -0.367 e. The number of halogens is 1. The van der Waals surface area contributed by atoms with E-state index in [4.69, 9.17) is 0 Å². The third-order valence-corrected chi connectivity index (χ3v) is 2.17. The standard InChI is InChI=1S/C12H19N.ClH/c1-10(2)13(11(3)4)12-8-6-5-7-9-12;/h5-11H,1-4H3;1H. The van der Waals surface area contributed by atoms with Gasteiger partial charge in [0.2, 0.25) is 0 Å².